The Morgan fingerprint density at radius 3 is 2.83 bits per heavy atom. The minimum Gasteiger partial charge on any atom is -0.389 e. The predicted molar refractivity (Wildman–Crippen MR) is 95.4 cm³/mol. The number of halogens is 1. The normalized spacial score (nSPS) is 12.8. The summed E-state index contributed by atoms with van der Waals surface area (Å²) in [7, 11) is 0. The predicted octanol–water partition coefficient (Wildman–Crippen LogP) is 3.44. The zero-order valence-corrected chi connectivity index (χ0v) is 13.7. The number of carbonyl (C=O) groups excluding carboxylic acids is 1. The molecule has 0 aliphatic heterocycles. The third kappa shape index (κ3) is 3.18. The first kappa shape index (κ1) is 16.2. The van der Waals surface area contributed by atoms with Crippen LogP contribution in [0.3, 0.4) is 0 Å². The maximum absolute atomic E-state index is 10.9. The molecular formula is C18H16ClN3O2. The van der Waals surface area contributed by atoms with Gasteiger partial charge in [-0.25, -0.2) is 4.98 Å². The number of aromatic amines is 1. The molecule has 1 atom stereocenters. The third-order valence-corrected chi connectivity index (χ3v) is 4.10. The molecule has 1 aromatic carbocycles. The summed E-state index contributed by atoms with van der Waals surface area (Å²) in [5, 5.41) is 11.1. The molecular weight excluding hydrogens is 326 g/mol. The Kier molecular flexibility index (Phi) is 4.38. The second-order valence-electron chi connectivity index (χ2n) is 5.51. The van der Waals surface area contributed by atoms with Gasteiger partial charge in [0, 0.05) is 40.0 Å². The van der Waals surface area contributed by atoms with E-state index in [1.807, 2.05) is 12.1 Å². The van der Waals surface area contributed by atoms with E-state index >= 15 is 0 Å². The van der Waals surface area contributed by atoms with Crippen molar-refractivity contribution in [3.63, 3.8) is 0 Å². The lowest BCUT2D eigenvalue weighted by molar-refractivity contribution is -0.113. The van der Waals surface area contributed by atoms with E-state index < -0.39 is 12.0 Å². The molecule has 0 unspecified atom stereocenters. The van der Waals surface area contributed by atoms with Gasteiger partial charge in [-0.3, -0.25) is 4.79 Å². The number of hydrogen-bond donors (Lipinski definition) is 3. The molecule has 0 bridgehead atoms. The van der Waals surface area contributed by atoms with Crippen LogP contribution in [0.1, 0.15) is 24.2 Å². The molecule has 6 heteroatoms. The van der Waals surface area contributed by atoms with Crippen LogP contribution >= 0.6 is 11.6 Å². The zero-order chi connectivity index (χ0) is 17.3. The zero-order valence-electron chi connectivity index (χ0n) is 13.0. The number of nitrogens with two attached hydrogens (primary N) is 1. The number of fused-ring (bicyclic) bond motifs is 1. The quantitative estimate of drug-likeness (QED) is 0.635. The molecule has 0 spiro atoms. The number of primary amides is 1. The smallest absolute Gasteiger partial charge is 0.241 e. The number of aliphatic hydroxyl groups is 1. The molecule has 122 valence electrons. The highest BCUT2D eigenvalue weighted by molar-refractivity contribution is 6.31. The Bertz CT molecular complexity index is 945. The Morgan fingerprint density at radius 2 is 2.17 bits per heavy atom. The van der Waals surface area contributed by atoms with E-state index in [9.17, 15) is 9.90 Å². The van der Waals surface area contributed by atoms with Gasteiger partial charge in [0.15, 0.2) is 0 Å². The Hall–Kier alpha value is -2.63. The second-order valence-corrected chi connectivity index (χ2v) is 5.92. The summed E-state index contributed by atoms with van der Waals surface area (Å²) in [6.07, 6.45) is 5.85. The highest BCUT2D eigenvalue weighted by Gasteiger charge is 2.10. The van der Waals surface area contributed by atoms with E-state index in [0.29, 0.717) is 10.6 Å². The van der Waals surface area contributed by atoms with Crippen molar-refractivity contribution >= 4 is 34.6 Å². The van der Waals surface area contributed by atoms with Crippen LogP contribution in [-0.2, 0) is 4.79 Å². The van der Waals surface area contributed by atoms with Gasteiger partial charge in [0.2, 0.25) is 5.91 Å². The van der Waals surface area contributed by atoms with Gasteiger partial charge in [0.25, 0.3) is 0 Å². The third-order valence-electron chi connectivity index (χ3n) is 3.77. The Morgan fingerprint density at radius 1 is 1.38 bits per heavy atom. The van der Waals surface area contributed by atoms with E-state index in [4.69, 9.17) is 17.3 Å². The van der Waals surface area contributed by atoms with Crippen molar-refractivity contribution in [3.8, 4) is 11.1 Å². The van der Waals surface area contributed by atoms with E-state index in [1.54, 1.807) is 37.5 Å². The van der Waals surface area contributed by atoms with E-state index in [0.717, 1.165) is 27.7 Å². The topological polar surface area (TPSA) is 92.0 Å². The first-order valence-corrected chi connectivity index (χ1v) is 7.76. The van der Waals surface area contributed by atoms with Crippen molar-refractivity contribution in [2.24, 2.45) is 5.73 Å². The number of hydrogen-bond acceptors (Lipinski definition) is 3. The van der Waals surface area contributed by atoms with E-state index in [-0.39, 0.29) is 0 Å². The first-order chi connectivity index (χ1) is 11.5. The molecule has 0 saturated heterocycles. The summed E-state index contributed by atoms with van der Waals surface area (Å²) in [6.45, 7) is 1.67. The van der Waals surface area contributed by atoms with Gasteiger partial charge in [-0.15, -0.1) is 0 Å². The summed E-state index contributed by atoms with van der Waals surface area (Å²) in [5.41, 5.74) is 9.14. The van der Waals surface area contributed by atoms with Crippen LogP contribution in [0.2, 0.25) is 5.02 Å². The number of carbonyl (C=O) groups is 1. The minimum atomic E-state index is -0.623. The minimum absolute atomic E-state index is 0.505. The molecule has 0 saturated carbocycles. The standard InChI is InChI=1S/C18H16ClN3O2/c1-10(23)14-4-2-11(7-16(14)19)13-6-15-12(3-5-17(20)24)8-21-18(15)22-9-13/h2-10,23H,1H3,(H2,20,24)(H,21,22)/b5-3+/t10-/m1/s1. The molecule has 0 fully saturated rings. The van der Waals surface area contributed by atoms with Crippen LogP contribution in [0.25, 0.3) is 28.2 Å². The number of pyridine rings is 1. The van der Waals surface area contributed by atoms with Gasteiger partial charge in [-0.2, -0.15) is 0 Å². The average molecular weight is 342 g/mol. The van der Waals surface area contributed by atoms with Gasteiger partial charge in [-0.1, -0.05) is 23.7 Å². The van der Waals surface area contributed by atoms with Crippen molar-refractivity contribution in [2.75, 3.05) is 0 Å². The number of aromatic nitrogens is 2. The van der Waals surface area contributed by atoms with Gasteiger partial charge in [0.05, 0.1) is 6.10 Å². The largest absolute Gasteiger partial charge is 0.389 e. The fourth-order valence-corrected chi connectivity index (χ4v) is 2.88. The number of aliphatic hydroxyl groups excluding tert-OH is 1. The number of nitrogens with zero attached hydrogens (tertiary/aromatic N) is 1. The fourth-order valence-electron chi connectivity index (χ4n) is 2.54. The molecule has 1 amide bonds. The monoisotopic (exact) mass is 341 g/mol. The summed E-state index contributed by atoms with van der Waals surface area (Å²) in [4.78, 5) is 18.4. The Labute approximate surface area is 143 Å². The van der Waals surface area contributed by atoms with Crippen molar-refractivity contribution in [1.29, 1.82) is 0 Å². The lowest BCUT2D eigenvalue weighted by atomic mass is 10.0. The highest BCUT2D eigenvalue weighted by atomic mass is 35.5. The molecule has 2 aromatic heterocycles. The Balaban J connectivity index is 2.06. The number of nitrogens with one attached hydrogen (secondary N) is 1. The van der Waals surface area contributed by atoms with Crippen LogP contribution in [0.5, 0.6) is 0 Å². The average Bonchev–Trinajstić information content (AvgIpc) is 2.94. The summed E-state index contributed by atoms with van der Waals surface area (Å²) in [5.74, 6) is -0.506. The number of benzene rings is 1. The molecule has 3 aromatic rings. The molecule has 0 radical (unpaired) electrons. The summed E-state index contributed by atoms with van der Waals surface area (Å²) >= 11 is 6.24. The van der Waals surface area contributed by atoms with Gasteiger partial charge in [-0.05, 0) is 36.3 Å². The number of H-pyrrole nitrogens is 1. The maximum atomic E-state index is 10.9. The highest BCUT2D eigenvalue weighted by Crippen LogP contribution is 2.30. The lowest BCUT2D eigenvalue weighted by Crippen LogP contribution is -2.04. The van der Waals surface area contributed by atoms with Crippen LogP contribution in [0, 0.1) is 0 Å². The van der Waals surface area contributed by atoms with Gasteiger partial charge in [0.1, 0.15) is 5.65 Å². The number of amides is 1. The van der Waals surface area contributed by atoms with Crippen molar-refractivity contribution in [3.05, 3.63) is 58.9 Å². The van der Waals surface area contributed by atoms with Crippen molar-refractivity contribution in [2.45, 2.75) is 13.0 Å². The molecule has 0 aliphatic rings. The SMILES string of the molecule is C[C@@H](O)c1ccc(-c2cnc3[nH]cc(/C=C/C(N)=O)c3c2)cc1Cl. The van der Waals surface area contributed by atoms with Crippen LogP contribution in [0.4, 0.5) is 0 Å². The van der Waals surface area contributed by atoms with Gasteiger partial charge >= 0.3 is 0 Å². The molecule has 0 aliphatic carbocycles. The van der Waals surface area contributed by atoms with Crippen molar-refractivity contribution in [1.82, 2.24) is 9.97 Å². The van der Waals surface area contributed by atoms with Crippen molar-refractivity contribution < 1.29 is 9.90 Å². The molecule has 4 N–H and O–H groups in total. The van der Waals surface area contributed by atoms with Crippen LogP contribution < -0.4 is 5.73 Å². The number of rotatable bonds is 4. The van der Waals surface area contributed by atoms with E-state index in [2.05, 4.69) is 9.97 Å². The van der Waals surface area contributed by atoms with Crippen LogP contribution in [-0.4, -0.2) is 21.0 Å². The molecule has 2 heterocycles. The molecule has 5 nitrogen and oxygen atoms in total. The van der Waals surface area contributed by atoms with Gasteiger partial charge < -0.3 is 15.8 Å². The maximum Gasteiger partial charge on any atom is 0.241 e. The molecule has 3 rings (SSSR count). The molecule has 24 heavy (non-hydrogen) atoms. The summed E-state index contributed by atoms with van der Waals surface area (Å²) < 4.78 is 0. The van der Waals surface area contributed by atoms with E-state index in [1.165, 1.54) is 6.08 Å². The summed E-state index contributed by atoms with van der Waals surface area (Å²) in [6, 6.07) is 7.46. The second kappa shape index (κ2) is 6.47. The lowest BCUT2D eigenvalue weighted by Gasteiger charge is -2.09. The first-order valence-electron chi connectivity index (χ1n) is 7.38. The fraction of sp³-hybridized carbons (Fsp3) is 0.111. The van der Waals surface area contributed by atoms with Crippen LogP contribution in [0.15, 0.2) is 42.7 Å².